The fourth-order valence-electron chi connectivity index (χ4n) is 2.49. The van der Waals surface area contributed by atoms with Crippen LogP contribution in [0.2, 0.25) is 0 Å². The minimum atomic E-state index is -0.369. The van der Waals surface area contributed by atoms with Crippen molar-refractivity contribution < 1.29 is 9.59 Å². The SMILES string of the molecule is CC(=O)NCC1CCN(C(=O)[C@@H](N)CC(C)C)CC1. The molecule has 1 heterocycles. The zero-order chi connectivity index (χ0) is 14.4. The lowest BCUT2D eigenvalue weighted by Gasteiger charge is -2.33. The molecule has 0 aromatic heterocycles. The van der Waals surface area contributed by atoms with Crippen molar-refractivity contribution >= 4 is 11.8 Å². The third-order valence-electron chi connectivity index (χ3n) is 3.61. The highest BCUT2D eigenvalue weighted by Gasteiger charge is 2.26. The normalized spacial score (nSPS) is 18.5. The Balaban J connectivity index is 2.32. The van der Waals surface area contributed by atoms with Gasteiger partial charge in [0.25, 0.3) is 0 Å². The number of carbonyl (C=O) groups excluding carboxylic acids is 2. The summed E-state index contributed by atoms with van der Waals surface area (Å²) in [4.78, 5) is 24.9. The Morgan fingerprint density at radius 2 is 1.89 bits per heavy atom. The maximum atomic E-state index is 12.1. The molecule has 110 valence electrons. The average molecular weight is 269 g/mol. The number of piperidine rings is 1. The van der Waals surface area contributed by atoms with Gasteiger partial charge in [-0.15, -0.1) is 0 Å². The third-order valence-corrected chi connectivity index (χ3v) is 3.61. The molecule has 5 heteroatoms. The maximum Gasteiger partial charge on any atom is 0.239 e. The van der Waals surface area contributed by atoms with Crippen LogP contribution in [0.15, 0.2) is 0 Å². The van der Waals surface area contributed by atoms with Gasteiger partial charge in [-0.1, -0.05) is 13.8 Å². The number of nitrogens with zero attached hydrogens (tertiary/aromatic N) is 1. The van der Waals surface area contributed by atoms with E-state index in [0.29, 0.717) is 11.8 Å². The average Bonchev–Trinajstić information content (AvgIpc) is 2.35. The van der Waals surface area contributed by atoms with Gasteiger partial charge < -0.3 is 16.0 Å². The van der Waals surface area contributed by atoms with Crippen LogP contribution in [0, 0.1) is 11.8 Å². The highest BCUT2D eigenvalue weighted by molar-refractivity contribution is 5.81. The highest BCUT2D eigenvalue weighted by Crippen LogP contribution is 2.18. The first-order chi connectivity index (χ1) is 8.90. The molecular formula is C14H27N3O2. The fraction of sp³-hybridized carbons (Fsp3) is 0.857. The van der Waals surface area contributed by atoms with Crippen LogP contribution in [-0.2, 0) is 9.59 Å². The molecule has 2 amide bonds. The Morgan fingerprint density at radius 3 is 2.37 bits per heavy atom. The second-order valence-electron chi connectivity index (χ2n) is 5.94. The molecule has 0 aromatic carbocycles. The van der Waals surface area contributed by atoms with Crippen molar-refractivity contribution in [3.05, 3.63) is 0 Å². The second kappa shape index (κ2) is 7.48. The van der Waals surface area contributed by atoms with E-state index in [0.717, 1.165) is 38.9 Å². The Labute approximate surface area is 115 Å². The molecule has 3 N–H and O–H groups in total. The van der Waals surface area contributed by atoms with Gasteiger partial charge in [0.15, 0.2) is 0 Å². The number of carbonyl (C=O) groups is 2. The van der Waals surface area contributed by atoms with Crippen LogP contribution in [0.5, 0.6) is 0 Å². The lowest BCUT2D eigenvalue weighted by Crippen LogP contribution is -2.48. The summed E-state index contributed by atoms with van der Waals surface area (Å²) in [6, 6.07) is -0.369. The summed E-state index contributed by atoms with van der Waals surface area (Å²) in [7, 11) is 0. The predicted octanol–water partition coefficient (Wildman–Crippen LogP) is 0.735. The molecule has 0 radical (unpaired) electrons. The molecular weight excluding hydrogens is 242 g/mol. The number of likely N-dealkylation sites (tertiary alicyclic amines) is 1. The van der Waals surface area contributed by atoms with E-state index in [1.807, 2.05) is 4.90 Å². The zero-order valence-electron chi connectivity index (χ0n) is 12.3. The molecule has 1 aliphatic heterocycles. The van der Waals surface area contributed by atoms with Gasteiger partial charge in [-0.2, -0.15) is 0 Å². The fourth-order valence-corrected chi connectivity index (χ4v) is 2.49. The number of rotatable bonds is 5. The van der Waals surface area contributed by atoms with Crippen LogP contribution in [0.3, 0.4) is 0 Å². The standard InChI is InChI=1S/C14H27N3O2/c1-10(2)8-13(15)14(19)17-6-4-12(5-7-17)9-16-11(3)18/h10,12-13H,4-9,15H2,1-3H3,(H,16,18)/t13-/m0/s1. The Kier molecular flexibility index (Phi) is 6.28. The minimum absolute atomic E-state index is 0.0115. The van der Waals surface area contributed by atoms with Crippen molar-refractivity contribution in [3.8, 4) is 0 Å². The van der Waals surface area contributed by atoms with Crippen molar-refractivity contribution in [2.24, 2.45) is 17.6 Å². The Morgan fingerprint density at radius 1 is 1.32 bits per heavy atom. The van der Waals surface area contributed by atoms with Crippen LogP contribution < -0.4 is 11.1 Å². The van der Waals surface area contributed by atoms with Gasteiger partial charge in [0.2, 0.25) is 11.8 Å². The number of nitrogens with one attached hydrogen (secondary N) is 1. The molecule has 0 saturated carbocycles. The van der Waals surface area contributed by atoms with Crippen molar-refractivity contribution in [2.75, 3.05) is 19.6 Å². The maximum absolute atomic E-state index is 12.1. The minimum Gasteiger partial charge on any atom is -0.356 e. The number of nitrogens with two attached hydrogens (primary N) is 1. The number of hydrogen-bond acceptors (Lipinski definition) is 3. The molecule has 5 nitrogen and oxygen atoms in total. The van der Waals surface area contributed by atoms with Crippen molar-refractivity contribution in [2.45, 2.75) is 46.1 Å². The van der Waals surface area contributed by atoms with Crippen molar-refractivity contribution in [1.82, 2.24) is 10.2 Å². The molecule has 1 fully saturated rings. The molecule has 0 unspecified atom stereocenters. The lowest BCUT2D eigenvalue weighted by atomic mass is 9.95. The summed E-state index contributed by atoms with van der Waals surface area (Å²) in [6.07, 6.45) is 2.63. The van der Waals surface area contributed by atoms with Crippen LogP contribution in [0.1, 0.15) is 40.0 Å². The van der Waals surface area contributed by atoms with E-state index >= 15 is 0 Å². The van der Waals surface area contributed by atoms with Crippen LogP contribution in [-0.4, -0.2) is 42.4 Å². The van der Waals surface area contributed by atoms with E-state index in [1.54, 1.807) is 0 Å². The molecule has 0 aromatic rings. The molecule has 0 bridgehead atoms. The van der Waals surface area contributed by atoms with E-state index in [2.05, 4.69) is 19.2 Å². The van der Waals surface area contributed by atoms with E-state index < -0.39 is 0 Å². The summed E-state index contributed by atoms with van der Waals surface area (Å²) >= 11 is 0. The Hall–Kier alpha value is -1.10. The van der Waals surface area contributed by atoms with Crippen molar-refractivity contribution in [3.63, 3.8) is 0 Å². The molecule has 1 atom stereocenters. The van der Waals surface area contributed by atoms with E-state index in [1.165, 1.54) is 6.92 Å². The van der Waals surface area contributed by atoms with Gasteiger partial charge >= 0.3 is 0 Å². The van der Waals surface area contributed by atoms with Crippen LogP contribution in [0.25, 0.3) is 0 Å². The largest absolute Gasteiger partial charge is 0.356 e. The van der Waals surface area contributed by atoms with E-state index in [9.17, 15) is 9.59 Å². The van der Waals surface area contributed by atoms with Gasteiger partial charge in [-0.05, 0) is 31.1 Å². The molecule has 1 aliphatic rings. The lowest BCUT2D eigenvalue weighted by molar-refractivity contribution is -0.134. The van der Waals surface area contributed by atoms with E-state index in [4.69, 9.17) is 5.73 Å². The Bertz CT molecular complexity index is 310. The van der Waals surface area contributed by atoms with Crippen LogP contribution >= 0.6 is 0 Å². The smallest absolute Gasteiger partial charge is 0.239 e. The molecule has 1 saturated heterocycles. The summed E-state index contributed by atoms with van der Waals surface area (Å²) in [5.74, 6) is 1.01. The van der Waals surface area contributed by atoms with E-state index in [-0.39, 0.29) is 17.9 Å². The molecule has 19 heavy (non-hydrogen) atoms. The van der Waals surface area contributed by atoms with Crippen LogP contribution in [0.4, 0.5) is 0 Å². The summed E-state index contributed by atoms with van der Waals surface area (Å²) in [6.45, 7) is 7.92. The number of hydrogen-bond donors (Lipinski definition) is 2. The first kappa shape index (κ1) is 16.0. The summed E-state index contributed by atoms with van der Waals surface area (Å²) < 4.78 is 0. The number of amides is 2. The zero-order valence-corrected chi connectivity index (χ0v) is 12.3. The van der Waals surface area contributed by atoms with Gasteiger partial charge in [0, 0.05) is 26.6 Å². The van der Waals surface area contributed by atoms with Gasteiger partial charge in [0.1, 0.15) is 0 Å². The molecule has 1 rings (SSSR count). The first-order valence-electron chi connectivity index (χ1n) is 7.19. The summed E-state index contributed by atoms with van der Waals surface area (Å²) in [5, 5.41) is 2.84. The van der Waals surface area contributed by atoms with Crippen molar-refractivity contribution in [1.29, 1.82) is 0 Å². The molecule has 0 aliphatic carbocycles. The van der Waals surface area contributed by atoms with Gasteiger partial charge in [-0.3, -0.25) is 9.59 Å². The molecule has 0 spiro atoms. The highest BCUT2D eigenvalue weighted by atomic mass is 16.2. The quantitative estimate of drug-likeness (QED) is 0.773. The van der Waals surface area contributed by atoms with Gasteiger partial charge in [0.05, 0.1) is 6.04 Å². The topological polar surface area (TPSA) is 75.4 Å². The van der Waals surface area contributed by atoms with Gasteiger partial charge in [-0.25, -0.2) is 0 Å². The second-order valence-corrected chi connectivity index (χ2v) is 5.94. The monoisotopic (exact) mass is 269 g/mol. The third kappa shape index (κ3) is 5.59. The summed E-state index contributed by atoms with van der Waals surface area (Å²) in [5.41, 5.74) is 5.93. The first-order valence-corrected chi connectivity index (χ1v) is 7.19. The predicted molar refractivity (Wildman–Crippen MR) is 75.4 cm³/mol.